The van der Waals surface area contributed by atoms with Crippen LogP contribution in [0.5, 0.6) is 0 Å². The highest BCUT2D eigenvalue weighted by atomic mass is 32.2. The lowest BCUT2D eigenvalue weighted by molar-refractivity contribution is -0.116. The van der Waals surface area contributed by atoms with Crippen molar-refractivity contribution in [1.82, 2.24) is 0 Å². The number of aryl methyl sites for hydroxylation is 1. The molecule has 0 saturated heterocycles. The smallest absolute Gasteiger partial charge is 0.264 e. The average Bonchev–Trinajstić information content (AvgIpc) is 2.60. The van der Waals surface area contributed by atoms with Crippen LogP contribution in [0.4, 0.5) is 15.8 Å². The molecule has 2 aromatic rings. The van der Waals surface area contributed by atoms with Crippen LogP contribution in [0.25, 0.3) is 0 Å². The van der Waals surface area contributed by atoms with Crippen LogP contribution in [0.3, 0.4) is 0 Å². The molecule has 0 spiro atoms. The van der Waals surface area contributed by atoms with Crippen LogP contribution in [-0.2, 0) is 21.2 Å². The number of carbonyl (C=O) groups is 1. The molecular formula is C20H23FN2O3S. The Morgan fingerprint density at radius 3 is 2.56 bits per heavy atom. The Hall–Kier alpha value is -2.41. The third-order valence-electron chi connectivity index (χ3n) is 4.43. The molecule has 1 aliphatic heterocycles. The maximum Gasteiger partial charge on any atom is 0.264 e. The molecule has 2 aromatic carbocycles. The molecule has 1 N–H and O–H groups in total. The average molecular weight is 390 g/mol. The van der Waals surface area contributed by atoms with Crippen molar-refractivity contribution in [2.45, 2.75) is 38.0 Å². The molecule has 0 bridgehead atoms. The summed E-state index contributed by atoms with van der Waals surface area (Å²) in [6.45, 7) is 4.32. The molecular weight excluding hydrogens is 367 g/mol. The van der Waals surface area contributed by atoms with Gasteiger partial charge in [0.2, 0.25) is 5.91 Å². The largest absolute Gasteiger partial charge is 0.326 e. The number of hydrogen-bond donors (Lipinski definition) is 1. The van der Waals surface area contributed by atoms with Crippen molar-refractivity contribution in [2.75, 3.05) is 16.2 Å². The van der Waals surface area contributed by atoms with E-state index in [1.165, 1.54) is 16.4 Å². The summed E-state index contributed by atoms with van der Waals surface area (Å²) in [5, 5.41) is 2.87. The number of hydrogen-bond acceptors (Lipinski definition) is 3. The van der Waals surface area contributed by atoms with E-state index in [9.17, 15) is 17.6 Å². The Labute approximate surface area is 159 Å². The Balaban J connectivity index is 1.88. The zero-order valence-electron chi connectivity index (χ0n) is 15.4. The van der Waals surface area contributed by atoms with Crippen molar-refractivity contribution in [3.8, 4) is 0 Å². The molecule has 0 unspecified atom stereocenters. The highest BCUT2D eigenvalue weighted by Crippen LogP contribution is 2.33. The number of rotatable bonds is 5. The van der Waals surface area contributed by atoms with Crippen LogP contribution in [0, 0.1) is 11.7 Å². The van der Waals surface area contributed by atoms with E-state index < -0.39 is 15.8 Å². The van der Waals surface area contributed by atoms with E-state index >= 15 is 0 Å². The standard InChI is InChI=1S/C20H23FN2O3S/c1-14(2)12-20(24)22-17-7-10-19-15(13-17)4-3-11-23(19)27(25,26)18-8-5-16(21)6-9-18/h5-10,13-14H,3-4,11-12H2,1-2H3,(H,22,24). The summed E-state index contributed by atoms with van der Waals surface area (Å²) in [6, 6.07) is 10.1. The summed E-state index contributed by atoms with van der Waals surface area (Å²) in [4.78, 5) is 12.0. The Kier molecular flexibility index (Phi) is 5.51. The van der Waals surface area contributed by atoms with E-state index in [1.54, 1.807) is 12.1 Å². The van der Waals surface area contributed by atoms with Gasteiger partial charge in [-0.2, -0.15) is 0 Å². The molecule has 1 amide bonds. The number of fused-ring (bicyclic) bond motifs is 1. The Morgan fingerprint density at radius 1 is 1.19 bits per heavy atom. The number of halogens is 1. The quantitative estimate of drug-likeness (QED) is 0.841. The third kappa shape index (κ3) is 4.30. The molecule has 144 valence electrons. The minimum absolute atomic E-state index is 0.0588. The zero-order chi connectivity index (χ0) is 19.6. The minimum Gasteiger partial charge on any atom is -0.326 e. The molecule has 0 fully saturated rings. The fourth-order valence-electron chi connectivity index (χ4n) is 3.21. The van der Waals surface area contributed by atoms with Crippen LogP contribution < -0.4 is 9.62 Å². The highest BCUT2D eigenvalue weighted by Gasteiger charge is 2.29. The predicted octanol–water partition coefficient (Wildman–Crippen LogP) is 3.95. The molecule has 3 rings (SSSR count). The van der Waals surface area contributed by atoms with E-state index in [1.807, 2.05) is 19.9 Å². The molecule has 1 heterocycles. The summed E-state index contributed by atoms with van der Waals surface area (Å²) >= 11 is 0. The predicted molar refractivity (Wildman–Crippen MR) is 104 cm³/mol. The molecule has 0 radical (unpaired) electrons. The number of anilines is 2. The lowest BCUT2D eigenvalue weighted by atomic mass is 10.0. The van der Waals surface area contributed by atoms with Gasteiger partial charge in [0.05, 0.1) is 10.6 Å². The van der Waals surface area contributed by atoms with Gasteiger partial charge in [0.15, 0.2) is 0 Å². The van der Waals surface area contributed by atoms with Crippen LogP contribution >= 0.6 is 0 Å². The molecule has 1 aliphatic rings. The maximum absolute atomic E-state index is 13.1. The summed E-state index contributed by atoms with van der Waals surface area (Å²) in [7, 11) is -3.76. The fourth-order valence-corrected chi connectivity index (χ4v) is 4.75. The van der Waals surface area contributed by atoms with Crippen molar-refractivity contribution in [1.29, 1.82) is 0 Å². The molecule has 0 saturated carbocycles. The lowest BCUT2D eigenvalue weighted by Gasteiger charge is -2.31. The van der Waals surface area contributed by atoms with Gasteiger partial charge in [-0.1, -0.05) is 13.8 Å². The summed E-state index contributed by atoms with van der Waals surface area (Å²) < 4.78 is 40.5. The number of nitrogens with zero attached hydrogens (tertiary/aromatic N) is 1. The molecule has 0 aliphatic carbocycles. The van der Waals surface area contributed by atoms with Gasteiger partial charge < -0.3 is 5.32 Å². The SMILES string of the molecule is CC(C)CC(=O)Nc1ccc2c(c1)CCCN2S(=O)(=O)c1ccc(F)cc1. The topological polar surface area (TPSA) is 66.5 Å². The first-order chi connectivity index (χ1) is 12.8. The molecule has 7 heteroatoms. The van der Waals surface area contributed by atoms with Crippen LogP contribution in [0.15, 0.2) is 47.4 Å². The van der Waals surface area contributed by atoms with E-state index in [0.29, 0.717) is 30.8 Å². The second kappa shape index (κ2) is 7.68. The van der Waals surface area contributed by atoms with Gasteiger partial charge in [-0.05, 0) is 66.8 Å². The first-order valence-electron chi connectivity index (χ1n) is 8.98. The van der Waals surface area contributed by atoms with E-state index in [-0.39, 0.29) is 16.7 Å². The molecule has 5 nitrogen and oxygen atoms in total. The van der Waals surface area contributed by atoms with Crippen molar-refractivity contribution in [3.05, 3.63) is 53.8 Å². The lowest BCUT2D eigenvalue weighted by Crippen LogP contribution is -2.35. The summed E-state index contributed by atoms with van der Waals surface area (Å²) in [5.74, 6) is -0.273. The monoisotopic (exact) mass is 390 g/mol. The molecule has 27 heavy (non-hydrogen) atoms. The van der Waals surface area contributed by atoms with Crippen molar-refractivity contribution in [3.63, 3.8) is 0 Å². The Bertz CT molecular complexity index is 940. The normalized spacial score (nSPS) is 14.1. The van der Waals surface area contributed by atoms with Crippen molar-refractivity contribution >= 4 is 27.3 Å². The number of sulfonamides is 1. The van der Waals surface area contributed by atoms with Gasteiger partial charge in [-0.25, -0.2) is 12.8 Å². The van der Waals surface area contributed by atoms with E-state index in [0.717, 1.165) is 24.1 Å². The summed E-state index contributed by atoms with van der Waals surface area (Å²) in [5.41, 5.74) is 2.14. The fraction of sp³-hybridized carbons (Fsp3) is 0.350. The van der Waals surface area contributed by atoms with E-state index in [4.69, 9.17) is 0 Å². The van der Waals surface area contributed by atoms with E-state index in [2.05, 4.69) is 5.32 Å². The first kappa shape index (κ1) is 19.4. The van der Waals surface area contributed by atoms with Gasteiger partial charge in [0, 0.05) is 18.7 Å². The van der Waals surface area contributed by atoms with Crippen LogP contribution in [0.1, 0.15) is 32.3 Å². The number of benzene rings is 2. The van der Waals surface area contributed by atoms with Crippen molar-refractivity contribution in [2.24, 2.45) is 5.92 Å². The minimum atomic E-state index is -3.76. The number of amides is 1. The number of nitrogens with one attached hydrogen (secondary N) is 1. The Morgan fingerprint density at radius 2 is 1.89 bits per heavy atom. The van der Waals surface area contributed by atoms with Gasteiger partial charge >= 0.3 is 0 Å². The first-order valence-corrected chi connectivity index (χ1v) is 10.4. The van der Waals surface area contributed by atoms with Gasteiger partial charge in [-0.3, -0.25) is 9.10 Å². The van der Waals surface area contributed by atoms with Crippen LogP contribution in [-0.4, -0.2) is 20.9 Å². The number of carbonyl (C=O) groups excluding carboxylic acids is 1. The third-order valence-corrected chi connectivity index (χ3v) is 6.26. The van der Waals surface area contributed by atoms with Crippen molar-refractivity contribution < 1.29 is 17.6 Å². The molecule has 0 atom stereocenters. The zero-order valence-corrected chi connectivity index (χ0v) is 16.2. The van der Waals surface area contributed by atoms with Gasteiger partial charge in [0.25, 0.3) is 10.0 Å². The second-order valence-corrected chi connectivity index (χ2v) is 8.99. The maximum atomic E-state index is 13.1. The van der Waals surface area contributed by atoms with Crippen LogP contribution in [0.2, 0.25) is 0 Å². The molecule has 0 aromatic heterocycles. The summed E-state index contributed by atoms with van der Waals surface area (Å²) in [6.07, 6.45) is 1.84. The second-order valence-electron chi connectivity index (χ2n) is 7.12. The highest BCUT2D eigenvalue weighted by molar-refractivity contribution is 7.92. The van der Waals surface area contributed by atoms with Gasteiger partial charge in [0.1, 0.15) is 5.82 Å². The van der Waals surface area contributed by atoms with Gasteiger partial charge in [-0.15, -0.1) is 0 Å².